The molecule has 2 rings (SSSR count). The predicted molar refractivity (Wildman–Crippen MR) is 69.7 cm³/mol. The Morgan fingerprint density at radius 2 is 1.59 bits per heavy atom. The van der Waals surface area contributed by atoms with Crippen molar-refractivity contribution in [1.82, 2.24) is 9.80 Å². The van der Waals surface area contributed by atoms with Crippen LogP contribution in [0, 0.1) is 11.3 Å². The minimum atomic E-state index is 0.684. The maximum Gasteiger partial charge on any atom is 0.0635 e. The molecule has 1 saturated carbocycles. The maximum absolute atomic E-state index is 8.60. The van der Waals surface area contributed by atoms with Crippen molar-refractivity contribution >= 4 is 0 Å². The largest absolute Gasteiger partial charge is 0.300 e. The quantitative estimate of drug-likeness (QED) is 0.703. The Kier molecular flexibility index (Phi) is 5.28. The second kappa shape index (κ2) is 6.98. The van der Waals surface area contributed by atoms with Crippen molar-refractivity contribution in [2.45, 2.75) is 51.0 Å². The van der Waals surface area contributed by atoms with Crippen LogP contribution in [-0.2, 0) is 0 Å². The van der Waals surface area contributed by atoms with Gasteiger partial charge in [-0.25, -0.2) is 0 Å². The van der Waals surface area contributed by atoms with Gasteiger partial charge in [0.1, 0.15) is 0 Å². The van der Waals surface area contributed by atoms with E-state index in [-0.39, 0.29) is 0 Å². The van der Waals surface area contributed by atoms with Gasteiger partial charge in [0.15, 0.2) is 0 Å². The van der Waals surface area contributed by atoms with Gasteiger partial charge in [-0.1, -0.05) is 25.7 Å². The van der Waals surface area contributed by atoms with Gasteiger partial charge in [-0.05, 0) is 12.8 Å². The maximum atomic E-state index is 8.60. The Morgan fingerprint density at radius 1 is 0.941 bits per heavy atom. The molecule has 0 aromatic heterocycles. The highest BCUT2D eigenvalue weighted by Crippen LogP contribution is 2.22. The van der Waals surface area contributed by atoms with Gasteiger partial charge < -0.3 is 0 Å². The third kappa shape index (κ3) is 3.97. The van der Waals surface area contributed by atoms with Gasteiger partial charge in [-0.3, -0.25) is 9.80 Å². The Balaban J connectivity index is 1.72. The molecule has 0 N–H and O–H groups in total. The summed E-state index contributed by atoms with van der Waals surface area (Å²) in [5.41, 5.74) is 0. The molecule has 0 aromatic rings. The van der Waals surface area contributed by atoms with Crippen molar-refractivity contribution in [3.05, 3.63) is 0 Å². The Morgan fingerprint density at radius 3 is 2.18 bits per heavy atom. The molecular weight excluding hydrogens is 210 g/mol. The molecule has 2 fully saturated rings. The summed E-state index contributed by atoms with van der Waals surface area (Å²) in [6.07, 6.45) is 9.26. The molecule has 0 aromatic carbocycles. The fraction of sp³-hybridized carbons (Fsp3) is 0.929. The molecule has 0 atom stereocenters. The Hall–Kier alpha value is -0.590. The van der Waals surface area contributed by atoms with Gasteiger partial charge in [0.05, 0.1) is 6.07 Å². The first-order valence-corrected chi connectivity index (χ1v) is 7.23. The van der Waals surface area contributed by atoms with E-state index in [1.807, 2.05) is 0 Å². The van der Waals surface area contributed by atoms with Crippen LogP contribution in [0.2, 0.25) is 0 Å². The first-order chi connectivity index (χ1) is 8.40. The minimum absolute atomic E-state index is 0.684. The molecule has 0 radical (unpaired) electrons. The fourth-order valence-electron chi connectivity index (χ4n) is 3.18. The van der Waals surface area contributed by atoms with Crippen molar-refractivity contribution in [3.8, 4) is 6.07 Å². The summed E-state index contributed by atoms with van der Waals surface area (Å²) in [6.45, 7) is 5.73. The molecule has 3 nitrogen and oxygen atoms in total. The van der Waals surface area contributed by atoms with E-state index in [0.29, 0.717) is 6.42 Å². The first-order valence-electron chi connectivity index (χ1n) is 7.23. The van der Waals surface area contributed by atoms with Crippen molar-refractivity contribution in [2.24, 2.45) is 0 Å². The lowest BCUT2D eigenvalue weighted by Gasteiger charge is -2.39. The summed E-state index contributed by atoms with van der Waals surface area (Å²) >= 11 is 0. The highest BCUT2D eigenvalue weighted by atomic mass is 15.3. The lowest BCUT2D eigenvalue weighted by molar-refractivity contribution is 0.0903. The first kappa shape index (κ1) is 12.9. The molecule has 96 valence electrons. The molecule has 0 unspecified atom stereocenters. The van der Waals surface area contributed by atoms with Gasteiger partial charge in [0, 0.05) is 45.2 Å². The zero-order valence-corrected chi connectivity index (χ0v) is 10.9. The number of nitrogens with zero attached hydrogens (tertiary/aromatic N) is 3. The summed E-state index contributed by atoms with van der Waals surface area (Å²) in [5.74, 6) is 0. The van der Waals surface area contributed by atoms with Gasteiger partial charge in [0.25, 0.3) is 0 Å². The van der Waals surface area contributed by atoms with E-state index >= 15 is 0 Å². The molecule has 0 spiro atoms. The van der Waals surface area contributed by atoms with E-state index in [1.54, 1.807) is 0 Å². The molecule has 1 aliphatic carbocycles. The van der Waals surface area contributed by atoms with Gasteiger partial charge in [0.2, 0.25) is 0 Å². The zero-order valence-electron chi connectivity index (χ0n) is 10.9. The number of hydrogen-bond donors (Lipinski definition) is 0. The second-order valence-electron chi connectivity index (χ2n) is 5.43. The summed E-state index contributed by atoms with van der Waals surface area (Å²) in [4.78, 5) is 5.14. The van der Waals surface area contributed by atoms with Crippen LogP contribution in [0.3, 0.4) is 0 Å². The third-order valence-corrected chi connectivity index (χ3v) is 4.29. The lowest BCUT2D eigenvalue weighted by atomic mass is 10.1. The van der Waals surface area contributed by atoms with Crippen LogP contribution in [0.1, 0.15) is 44.9 Å². The predicted octanol–water partition coefficient (Wildman–Crippen LogP) is 2.24. The van der Waals surface area contributed by atoms with Crippen molar-refractivity contribution in [2.75, 3.05) is 32.7 Å². The fourth-order valence-corrected chi connectivity index (χ4v) is 3.18. The van der Waals surface area contributed by atoms with E-state index in [2.05, 4.69) is 15.9 Å². The van der Waals surface area contributed by atoms with E-state index in [0.717, 1.165) is 25.7 Å². The molecule has 0 amide bonds. The van der Waals surface area contributed by atoms with Crippen LogP contribution in [0.5, 0.6) is 0 Å². The van der Waals surface area contributed by atoms with Crippen LogP contribution in [0.4, 0.5) is 0 Å². The zero-order chi connectivity index (χ0) is 11.9. The minimum Gasteiger partial charge on any atom is -0.300 e. The Bertz CT molecular complexity index is 243. The summed E-state index contributed by atoms with van der Waals surface area (Å²) in [7, 11) is 0. The number of hydrogen-bond acceptors (Lipinski definition) is 3. The Labute approximate surface area is 105 Å². The van der Waals surface area contributed by atoms with E-state index < -0.39 is 0 Å². The summed E-state index contributed by atoms with van der Waals surface area (Å²) in [5, 5.41) is 8.60. The molecule has 2 aliphatic rings. The molecular formula is C14H25N3. The highest BCUT2D eigenvalue weighted by Gasteiger charge is 2.23. The normalized spacial score (nSPS) is 25.4. The average molecular weight is 235 g/mol. The lowest BCUT2D eigenvalue weighted by Crippen LogP contribution is -2.50. The molecule has 3 heteroatoms. The highest BCUT2D eigenvalue weighted by molar-refractivity contribution is 4.81. The summed E-state index contributed by atoms with van der Waals surface area (Å²) < 4.78 is 0. The topological polar surface area (TPSA) is 30.3 Å². The number of nitriles is 1. The van der Waals surface area contributed by atoms with Crippen LogP contribution in [-0.4, -0.2) is 48.6 Å². The molecule has 1 aliphatic heterocycles. The third-order valence-electron chi connectivity index (χ3n) is 4.29. The van der Waals surface area contributed by atoms with Crippen molar-refractivity contribution in [1.29, 1.82) is 5.26 Å². The van der Waals surface area contributed by atoms with Gasteiger partial charge in [-0.15, -0.1) is 0 Å². The second-order valence-corrected chi connectivity index (χ2v) is 5.43. The summed E-state index contributed by atoms with van der Waals surface area (Å²) in [6, 6.07) is 3.10. The molecule has 17 heavy (non-hydrogen) atoms. The standard InChI is InChI=1S/C14H25N3/c15-8-5-9-16-10-12-17(13-11-16)14-6-3-1-2-4-7-14/h14H,1-7,9-13H2. The van der Waals surface area contributed by atoms with E-state index in [1.165, 1.54) is 51.6 Å². The smallest absolute Gasteiger partial charge is 0.0635 e. The van der Waals surface area contributed by atoms with E-state index in [4.69, 9.17) is 5.26 Å². The molecule has 1 heterocycles. The van der Waals surface area contributed by atoms with Crippen LogP contribution in [0.25, 0.3) is 0 Å². The average Bonchev–Trinajstić information content (AvgIpc) is 2.66. The van der Waals surface area contributed by atoms with E-state index in [9.17, 15) is 0 Å². The SMILES string of the molecule is N#CCCN1CCN(C2CCCCCC2)CC1. The van der Waals surface area contributed by atoms with Crippen LogP contribution < -0.4 is 0 Å². The van der Waals surface area contributed by atoms with Crippen LogP contribution in [0.15, 0.2) is 0 Å². The number of rotatable bonds is 3. The monoisotopic (exact) mass is 235 g/mol. The van der Waals surface area contributed by atoms with Crippen molar-refractivity contribution < 1.29 is 0 Å². The van der Waals surface area contributed by atoms with Gasteiger partial charge >= 0.3 is 0 Å². The number of piperazine rings is 1. The van der Waals surface area contributed by atoms with Crippen LogP contribution >= 0.6 is 0 Å². The van der Waals surface area contributed by atoms with Gasteiger partial charge in [-0.2, -0.15) is 5.26 Å². The molecule has 1 saturated heterocycles. The molecule has 0 bridgehead atoms. The van der Waals surface area contributed by atoms with Crippen molar-refractivity contribution in [3.63, 3.8) is 0 Å².